The molecule has 3 N–H and O–H groups in total. The summed E-state index contributed by atoms with van der Waals surface area (Å²) in [5, 5.41) is 15.1. The summed E-state index contributed by atoms with van der Waals surface area (Å²) >= 11 is 0. The van der Waals surface area contributed by atoms with Gasteiger partial charge in [0.25, 0.3) is 0 Å². The Morgan fingerprint density at radius 2 is 2.17 bits per heavy atom. The number of benzene rings is 1. The van der Waals surface area contributed by atoms with Gasteiger partial charge in [-0.1, -0.05) is 6.07 Å². The van der Waals surface area contributed by atoms with Crippen LogP contribution < -0.4 is 10.6 Å². The second-order valence-electron chi connectivity index (χ2n) is 5.20. The molecule has 2 atom stereocenters. The first-order chi connectivity index (χ1) is 11.0. The Balaban J connectivity index is 1.77. The van der Waals surface area contributed by atoms with Gasteiger partial charge in [0.2, 0.25) is 0 Å². The Kier molecular flexibility index (Phi) is 5.64. The number of hydrogen-bond acceptors (Lipinski definition) is 3. The molecule has 0 fully saturated rings. The van der Waals surface area contributed by atoms with Crippen LogP contribution in [0.4, 0.5) is 13.6 Å². The van der Waals surface area contributed by atoms with Gasteiger partial charge in [0.05, 0.1) is 12.4 Å². The van der Waals surface area contributed by atoms with Crippen LogP contribution in [0.5, 0.6) is 0 Å². The number of aliphatic hydroxyl groups excluding tert-OH is 1. The van der Waals surface area contributed by atoms with Crippen LogP contribution in [0.2, 0.25) is 0 Å². The van der Waals surface area contributed by atoms with Gasteiger partial charge in [-0.2, -0.15) is 0 Å². The summed E-state index contributed by atoms with van der Waals surface area (Å²) in [6.45, 7) is 2.26. The molecule has 2 aromatic rings. The zero-order valence-corrected chi connectivity index (χ0v) is 12.5. The van der Waals surface area contributed by atoms with Crippen molar-refractivity contribution in [2.45, 2.75) is 25.6 Å². The van der Waals surface area contributed by atoms with E-state index in [2.05, 4.69) is 15.6 Å². The second kappa shape index (κ2) is 7.68. The molecular weight excluding hydrogens is 306 g/mol. The van der Waals surface area contributed by atoms with E-state index in [1.807, 2.05) is 11.5 Å². The number of aromatic nitrogens is 2. The van der Waals surface area contributed by atoms with Crippen LogP contribution >= 0.6 is 0 Å². The summed E-state index contributed by atoms with van der Waals surface area (Å²) in [6, 6.07) is 2.50. The van der Waals surface area contributed by atoms with Crippen LogP contribution in [0.25, 0.3) is 0 Å². The van der Waals surface area contributed by atoms with Crippen molar-refractivity contribution < 1.29 is 18.7 Å². The van der Waals surface area contributed by atoms with Crippen molar-refractivity contribution >= 4 is 6.03 Å². The van der Waals surface area contributed by atoms with Crippen molar-refractivity contribution in [1.29, 1.82) is 0 Å². The molecular formula is C15H18F2N4O2. The molecule has 0 saturated carbocycles. The highest BCUT2D eigenvalue weighted by Crippen LogP contribution is 2.15. The number of amides is 2. The molecule has 0 radical (unpaired) electrons. The van der Waals surface area contributed by atoms with E-state index < -0.39 is 23.8 Å². The number of urea groups is 1. The average Bonchev–Trinajstić information content (AvgIpc) is 3.00. The lowest BCUT2D eigenvalue weighted by Gasteiger charge is -2.17. The molecule has 2 rings (SSSR count). The van der Waals surface area contributed by atoms with Crippen LogP contribution in [0.3, 0.4) is 0 Å². The van der Waals surface area contributed by atoms with Gasteiger partial charge in [-0.15, -0.1) is 0 Å². The lowest BCUT2D eigenvalue weighted by Crippen LogP contribution is -2.43. The Labute approximate surface area is 132 Å². The van der Waals surface area contributed by atoms with Gasteiger partial charge in [-0.05, 0) is 24.6 Å². The predicted molar refractivity (Wildman–Crippen MR) is 79.5 cm³/mol. The van der Waals surface area contributed by atoms with E-state index in [0.29, 0.717) is 6.54 Å². The number of nitrogens with zero attached hydrogens (tertiary/aromatic N) is 2. The van der Waals surface area contributed by atoms with Crippen molar-refractivity contribution in [3.63, 3.8) is 0 Å². The molecule has 6 nitrogen and oxygen atoms in total. The van der Waals surface area contributed by atoms with Crippen LogP contribution in [-0.2, 0) is 6.54 Å². The Bertz CT molecular complexity index is 649. The van der Waals surface area contributed by atoms with E-state index in [1.165, 1.54) is 6.07 Å². The molecule has 0 spiro atoms. The molecule has 1 heterocycles. The molecule has 124 valence electrons. The first-order valence-corrected chi connectivity index (χ1v) is 7.09. The highest BCUT2D eigenvalue weighted by molar-refractivity contribution is 5.74. The molecule has 0 saturated heterocycles. The predicted octanol–water partition coefficient (Wildman–Crippen LogP) is 1.58. The fourth-order valence-electron chi connectivity index (χ4n) is 2.06. The molecule has 1 aromatic carbocycles. The maximum Gasteiger partial charge on any atom is 0.315 e. The van der Waals surface area contributed by atoms with Crippen molar-refractivity contribution in [1.82, 2.24) is 20.2 Å². The minimum absolute atomic E-state index is 0.116. The monoisotopic (exact) mass is 324 g/mol. The minimum Gasteiger partial charge on any atom is -0.387 e. The Morgan fingerprint density at radius 1 is 1.39 bits per heavy atom. The largest absolute Gasteiger partial charge is 0.387 e. The second-order valence-corrected chi connectivity index (χ2v) is 5.20. The molecule has 0 aliphatic heterocycles. The van der Waals surface area contributed by atoms with Crippen LogP contribution in [0.15, 0.2) is 36.9 Å². The number of nitrogens with one attached hydrogen (secondary N) is 2. The Hall–Kier alpha value is -2.48. The number of imidazole rings is 1. The zero-order valence-electron chi connectivity index (χ0n) is 12.5. The van der Waals surface area contributed by atoms with E-state index >= 15 is 0 Å². The molecule has 23 heavy (non-hydrogen) atoms. The maximum absolute atomic E-state index is 13.1. The van der Waals surface area contributed by atoms with Gasteiger partial charge in [0, 0.05) is 31.5 Å². The fraction of sp³-hybridized carbons (Fsp3) is 0.333. The highest BCUT2D eigenvalue weighted by atomic mass is 19.2. The van der Waals surface area contributed by atoms with Gasteiger partial charge in [-0.3, -0.25) is 0 Å². The van der Waals surface area contributed by atoms with Crippen LogP contribution in [0, 0.1) is 11.6 Å². The number of aliphatic hydroxyl groups is 1. The van der Waals surface area contributed by atoms with Gasteiger partial charge in [0.1, 0.15) is 0 Å². The molecule has 0 aliphatic rings. The first kappa shape index (κ1) is 16.9. The van der Waals surface area contributed by atoms with E-state index in [1.54, 1.807) is 18.7 Å². The number of carbonyl (C=O) groups is 1. The van der Waals surface area contributed by atoms with Crippen LogP contribution in [-0.4, -0.2) is 33.3 Å². The Morgan fingerprint density at radius 3 is 2.83 bits per heavy atom. The van der Waals surface area contributed by atoms with Crippen molar-refractivity contribution in [3.05, 3.63) is 54.1 Å². The summed E-state index contributed by atoms with van der Waals surface area (Å²) in [5.41, 5.74) is 0.190. The molecule has 1 aromatic heterocycles. The van der Waals surface area contributed by atoms with E-state index in [9.17, 15) is 18.7 Å². The normalized spacial score (nSPS) is 13.4. The van der Waals surface area contributed by atoms with E-state index in [-0.39, 0.29) is 18.2 Å². The quantitative estimate of drug-likeness (QED) is 0.755. The molecule has 0 unspecified atom stereocenters. The third kappa shape index (κ3) is 5.03. The summed E-state index contributed by atoms with van der Waals surface area (Å²) in [7, 11) is 0. The van der Waals surface area contributed by atoms with E-state index in [0.717, 1.165) is 12.1 Å². The van der Waals surface area contributed by atoms with Gasteiger partial charge < -0.3 is 20.3 Å². The first-order valence-electron chi connectivity index (χ1n) is 7.09. The summed E-state index contributed by atoms with van der Waals surface area (Å²) < 4.78 is 27.8. The summed E-state index contributed by atoms with van der Waals surface area (Å²) in [4.78, 5) is 15.7. The van der Waals surface area contributed by atoms with Gasteiger partial charge >= 0.3 is 6.03 Å². The smallest absolute Gasteiger partial charge is 0.315 e. The van der Waals surface area contributed by atoms with Crippen molar-refractivity contribution in [3.8, 4) is 0 Å². The standard InChI is InChI=1S/C15H18F2N4O2/c1-10(8-21-5-4-18-9-21)20-15(23)19-7-14(22)11-2-3-12(16)13(17)6-11/h2-6,9-10,14,22H,7-8H2,1H3,(H2,19,20,23)/t10-,14-/m0/s1. The maximum atomic E-state index is 13.1. The SMILES string of the molecule is C[C@@H](Cn1ccnc1)NC(=O)NC[C@H](O)c1ccc(F)c(F)c1. The third-order valence-corrected chi connectivity index (χ3v) is 3.21. The number of rotatable bonds is 6. The molecule has 8 heteroatoms. The molecule has 0 aliphatic carbocycles. The van der Waals surface area contributed by atoms with Gasteiger partial charge in [0.15, 0.2) is 11.6 Å². The minimum atomic E-state index is -1.13. The third-order valence-electron chi connectivity index (χ3n) is 3.21. The molecule has 2 amide bonds. The topological polar surface area (TPSA) is 79.2 Å². The van der Waals surface area contributed by atoms with E-state index in [4.69, 9.17) is 0 Å². The van der Waals surface area contributed by atoms with Gasteiger partial charge in [-0.25, -0.2) is 18.6 Å². The zero-order chi connectivity index (χ0) is 16.8. The molecule has 0 bridgehead atoms. The lowest BCUT2D eigenvalue weighted by atomic mass is 10.1. The summed E-state index contributed by atoms with van der Waals surface area (Å²) in [5.74, 6) is -2.03. The average molecular weight is 324 g/mol. The lowest BCUT2D eigenvalue weighted by molar-refractivity contribution is 0.172. The highest BCUT2D eigenvalue weighted by Gasteiger charge is 2.13. The summed E-state index contributed by atoms with van der Waals surface area (Å²) in [6.07, 6.45) is 3.94. The number of halogens is 2. The van der Waals surface area contributed by atoms with Crippen molar-refractivity contribution in [2.75, 3.05) is 6.54 Å². The fourth-order valence-corrected chi connectivity index (χ4v) is 2.06. The van der Waals surface area contributed by atoms with Crippen LogP contribution in [0.1, 0.15) is 18.6 Å². The number of carbonyl (C=O) groups excluding carboxylic acids is 1. The van der Waals surface area contributed by atoms with Crippen molar-refractivity contribution in [2.24, 2.45) is 0 Å². The number of hydrogen-bond donors (Lipinski definition) is 3.